The lowest BCUT2D eigenvalue weighted by atomic mass is 10.1. The van der Waals surface area contributed by atoms with Crippen molar-refractivity contribution in [3.05, 3.63) is 0 Å². The zero-order valence-electron chi connectivity index (χ0n) is 14.8. The lowest BCUT2D eigenvalue weighted by Gasteiger charge is -2.03. The van der Waals surface area contributed by atoms with Gasteiger partial charge in [0.15, 0.2) is 0 Å². The number of nitrogens with one attached hydrogen (secondary N) is 2. The summed E-state index contributed by atoms with van der Waals surface area (Å²) in [7, 11) is 0. The summed E-state index contributed by atoms with van der Waals surface area (Å²) in [6, 6.07) is 0. The average Bonchev–Trinajstić information content (AvgIpc) is 3.24. The molecule has 0 saturated heterocycles. The van der Waals surface area contributed by atoms with Gasteiger partial charge in [-0.2, -0.15) is 0 Å². The first kappa shape index (κ1) is 19.0. The smallest absolute Gasteiger partial charge is 0.00490 e. The molecule has 2 nitrogen and oxygen atoms in total. The summed E-state index contributed by atoms with van der Waals surface area (Å²) in [4.78, 5) is 0. The van der Waals surface area contributed by atoms with Crippen LogP contribution >= 0.6 is 0 Å². The molecule has 1 aliphatic carbocycles. The van der Waals surface area contributed by atoms with E-state index in [1.54, 1.807) is 6.42 Å². The zero-order chi connectivity index (χ0) is 15.2. The van der Waals surface area contributed by atoms with Gasteiger partial charge in [0.1, 0.15) is 0 Å². The summed E-state index contributed by atoms with van der Waals surface area (Å²) in [5.41, 5.74) is 0. The van der Waals surface area contributed by atoms with Gasteiger partial charge in [-0.05, 0) is 57.3 Å². The zero-order valence-corrected chi connectivity index (χ0v) is 14.8. The van der Waals surface area contributed by atoms with E-state index in [1.165, 1.54) is 77.3 Å². The van der Waals surface area contributed by atoms with Gasteiger partial charge >= 0.3 is 0 Å². The molecular weight excluding hydrogens is 256 g/mol. The average molecular weight is 297 g/mol. The summed E-state index contributed by atoms with van der Waals surface area (Å²) in [6.07, 6.45) is 16.1. The second kappa shape index (κ2) is 13.6. The van der Waals surface area contributed by atoms with Crippen LogP contribution in [0.25, 0.3) is 0 Å². The van der Waals surface area contributed by atoms with Crippen molar-refractivity contribution in [1.82, 2.24) is 10.6 Å². The maximum atomic E-state index is 3.41. The van der Waals surface area contributed by atoms with Crippen molar-refractivity contribution < 1.29 is 0 Å². The van der Waals surface area contributed by atoms with Crippen molar-refractivity contribution in [2.45, 2.75) is 84.5 Å². The molecule has 0 aromatic heterocycles. The highest BCUT2D eigenvalue weighted by molar-refractivity contribution is 4.85. The monoisotopic (exact) mass is 296 g/mol. The van der Waals surface area contributed by atoms with Crippen molar-refractivity contribution in [3.63, 3.8) is 0 Å². The second-order valence-electron chi connectivity index (χ2n) is 6.87. The summed E-state index contributed by atoms with van der Waals surface area (Å²) in [5.74, 6) is 2.22. The molecule has 0 spiro atoms. The largest absolute Gasteiger partial charge is 0.317 e. The van der Waals surface area contributed by atoms with Crippen LogP contribution in [0.3, 0.4) is 0 Å². The van der Waals surface area contributed by atoms with Crippen LogP contribution in [0.4, 0.5) is 0 Å². The Morgan fingerprint density at radius 1 is 0.619 bits per heavy atom. The minimum Gasteiger partial charge on any atom is -0.317 e. The summed E-state index contributed by atoms with van der Waals surface area (Å²) in [5, 5.41) is 6.82. The van der Waals surface area contributed by atoms with Crippen molar-refractivity contribution in [3.8, 4) is 0 Å². The first-order chi connectivity index (χ1) is 10.4. The van der Waals surface area contributed by atoms with E-state index in [9.17, 15) is 0 Å². The van der Waals surface area contributed by atoms with Crippen molar-refractivity contribution in [2.24, 2.45) is 11.8 Å². The highest BCUT2D eigenvalue weighted by Crippen LogP contribution is 2.45. The van der Waals surface area contributed by atoms with Crippen LogP contribution in [-0.2, 0) is 0 Å². The third kappa shape index (κ3) is 11.2. The molecule has 2 atom stereocenters. The van der Waals surface area contributed by atoms with Gasteiger partial charge in [-0.15, -0.1) is 0 Å². The van der Waals surface area contributed by atoms with Crippen molar-refractivity contribution in [1.29, 1.82) is 0 Å². The molecule has 126 valence electrons. The Labute approximate surface area is 133 Å². The highest BCUT2D eigenvalue weighted by Gasteiger charge is 2.34. The fraction of sp³-hybridized carbons (Fsp3) is 1.00. The van der Waals surface area contributed by atoms with Crippen LogP contribution in [0.1, 0.15) is 84.5 Å². The molecule has 2 heteroatoms. The third-order valence-electron chi connectivity index (χ3n) is 4.93. The van der Waals surface area contributed by atoms with Crippen molar-refractivity contribution >= 4 is 0 Å². The number of rotatable bonds is 16. The molecule has 0 radical (unpaired) electrons. The predicted octanol–water partition coefficient (Wildman–Crippen LogP) is 4.74. The molecule has 0 bridgehead atoms. The second-order valence-corrected chi connectivity index (χ2v) is 6.87. The van der Waals surface area contributed by atoms with E-state index >= 15 is 0 Å². The number of unbranched alkanes of at least 4 members (excludes halogenated alkanes) is 6. The summed E-state index contributed by atoms with van der Waals surface area (Å²) < 4.78 is 0. The molecule has 0 heterocycles. The first-order valence-corrected chi connectivity index (χ1v) is 9.79. The quantitative estimate of drug-likeness (QED) is 0.402. The first-order valence-electron chi connectivity index (χ1n) is 9.79. The maximum Gasteiger partial charge on any atom is -0.00490 e. The van der Waals surface area contributed by atoms with Crippen LogP contribution in [0, 0.1) is 11.8 Å². The van der Waals surface area contributed by atoms with Crippen LogP contribution in [0.15, 0.2) is 0 Å². The van der Waals surface area contributed by atoms with Gasteiger partial charge in [0.25, 0.3) is 0 Å². The van der Waals surface area contributed by atoms with Gasteiger partial charge in [0.2, 0.25) is 0 Å². The van der Waals surface area contributed by atoms with E-state index in [1.807, 2.05) is 0 Å². The van der Waals surface area contributed by atoms with Gasteiger partial charge in [0.05, 0.1) is 0 Å². The number of hydrogen-bond acceptors (Lipinski definition) is 2. The molecule has 0 aliphatic heterocycles. The Kier molecular flexibility index (Phi) is 12.3. The van der Waals surface area contributed by atoms with Gasteiger partial charge in [-0.1, -0.05) is 65.2 Å². The SMILES string of the molecule is CCNCCCCCCC1CC1CCCCCCNCC. The molecule has 21 heavy (non-hydrogen) atoms. The molecule has 0 amide bonds. The molecule has 1 saturated carbocycles. The van der Waals surface area contributed by atoms with Crippen LogP contribution < -0.4 is 10.6 Å². The fourth-order valence-electron chi connectivity index (χ4n) is 3.39. The van der Waals surface area contributed by atoms with E-state index < -0.39 is 0 Å². The minimum absolute atomic E-state index is 1.11. The Balaban J connectivity index is 1.74. The Hall–Kier alpha value is -0.0800. The molecular formula is C19H40N2. The van der Waals surface area contributed by atoms with E-state index in [-0.39, 0.29) is 0 Å². The Bertz CT molecular complexity index is 196. The van der Waals surface area contributed by atoms with Crippen LogP contribution in [0.5, 0.6) is 0 Å². The molecule has 1 aliphatic rings. The Morgan fingerprint density at radius 2 is 1.05 bits per heavy atom. The molecule has 1 rings (SSSR count). The van der Waals surface area contributed by atoms with Gasteiger partial charge in [-0.3, -0.25) is 0 Å². The minimum atomic E-state index is 1.11. The lowest BCUT2D eigenvalue weighted by Crippen LogP contribution is -2.13. The van der Waals surface area contributed by atoms with Crippen molar-refractivity contribution in [2.75, 3.05) is 26.2 Å². The van der Waals surface area contributed by atoms with E-state index in [0.29, 0.717) is 0 Å². The predicted molar refractivity (Wildman–Crippen MR) is 94.9 cm³/mol. The normalized spacial score (nSPS) is 20.9. The topological polar surface area (TPSA) is 24.1 Å². The van der Waals surface area contributed by atoms with Gasteiger partial charge in [-0.25, -0.2) is 0 Å². The molecule has 2 unspecified atom stereocenters. The number of hydrogen-bond donors (Lipinski definition) is 2. The fourth-order valence-corrected chi connectivity index (χ4v) is 3.39. The van der Waals surface area contributed by atoms with Gasteiger partial charge < -0.3 is 10.6 Å². The van der Waals surface area contributed by atoms with E-state index in [4.69, 9.17) is 0 Å². The highest BCUT2D eigenvalue weighted by atomic mass is 14.8. The molecule has 0 aromatic rings. The van der Waals surface area contributed by atoms with Crippen LogP contribution in [0.2, 0.25) is 0 Å². The molecule has 1 fully saturated rings. The van der Waals surface area contributed by atoms with Gasteiger partial charge in [0, 0.05) is 0 Å². The van der Waals surface area contributed by atoms with E-state index in [0.717, 1.165) is 24.9 Å². The summed E-state index contributed by atoms with van der Waals surface area (Å²) in [6.45, 7) is 9.06. The third-order valence-corrected chi connectivity index (χ3v) is 4.93. The lowest BCUT2D eigenvalue weighted by molar-refractivity contribution is 0.515. The summed E-state index contributed by atoms with van der Waals surface area (Å²) >= 11 is 0. The standard InChI is InChI=1S/C19H40N2/c1-3-20-15-11-7-5-9-13-18-17-19(18)14-10-6-8-12-16-21-4-2/h18-21H,3-17H2,1-2H3. The molecule has 0 aromatic carbocycles. The maximum absolute atomic E-state index is 3.41. The van der Waals surface area contributed by atoms with E-state index in [2.05, 4.69) is 24.5 Å². The van der Waals surface area contributed by atoms with Crippen LogP contribution in [-0.4, -0.2) is 26.2 Å². The Morgan fingerprint density at radius 3 is 1.48 bits per heavy atom. The molecule has 2 N–H and O–H groups in total.